The molecule has 0 aromatic heterocycles. The first kappa shape index (κ1) is 15.3. The first-order valence-electron chi connectivity index (χ1n) is 6.03. The van der Waals surface area contributed by atoms with Crippen LogP contribution in [0.2, 0.25) is 0 Å². The number of ether oxygens (including phenoxy) is 2. The van der Waals surface area contributed by atoms with Gasteiger partial charge in [-0.1, -0.05) is 6.07 Å². The van der Waals surface area contributed by atoms with Gasteiger partial charge in [0, 0.05) is 13.2 Å². The second kappa shape index (κ2) is 6.98. The molecule has 0 saturated heterocycles. The van der Waals surface area contributed by atoms with Crippen molar-refractivity contribution in [3.8, 4) is 17.6 Å². The topological polar surface area (TPSA) is 82.7 Å². The van der Waals surface area contributed by atoms with E-state index in [1.807, 2.05) is 0 Å². The minimum Gasteiger partial charge on any atom is -0.493 e. The first-order chi connectivity index (χ1) is 9.17. The molecule has 1 aromatic carbocycles. The lowest BCUT2D eigenvalue weighted by Crippen LogP contribution is -2.27. The van der Waals surface area contributed by atoms with E-state index in [2.05, 4.69) is 6.07 Å². The highest BCUT2D eigenvalue weighted by molar-refractivity contribution is 5.47. The SMILES string of the molecule is COc1ccc(C(C#N)(CCO)CCO)cc1OC. The first-order valence-corrected chi connectivity index (χ1v) is 6.03. The van der Waals surface area contributed by atoms with Crippen LogP contribution in [0, 0.1) is 11.3 Å². The fraction of sp³-hybridized carbons (Fsp3) is 0.500. The second-order valence-corrected chi connectivity index (χ2v) is 4.21. The van der Waals surface area contributed by atoms with E-state index >= 15 is 0 Å². The molecule has 0 fully saturated rings. The van der Waals surface area contributed by atoms with Crippen LogP contribution in [0.15, 0.2) is 18.2 Å². The van der Waals surface area contributed by atoms with Crippen molar-refractivity contribution in [1.82, 2.24) is 0 Å². The van der Waals surface area contributed by atoms with Crippen LogP contribution in [-0.4, -0.2) is 37.6 Å². The van der Waals surface area contributed by atoms with Crippen LogP contribution in [0.25, 0.3) is 0 Å². The largest absolute Gasteiger partial charge is 0.493 e. The Morgan fingerprint density at radius 2 is 1.68 bits per heavy atom. The molecule has 2 N–H and O–H groups in total. The lowest BCUT2D eigenvalue weighted by Gasteiger charge is -2.26. The number of benzene rings is 1. The van der Waals surface area contributed by atoms with Crippen molar-refractivity contribution in [3.63, 3.8) is 0 Å². The summed E-state index contributed by atoms with van der Waals surface area (Å²) in [5.74, 6) is 1.10. The van der Waals surface area contributed by atoms with E-state index in [1.165, 1.54) is 14.2 Å². The number of nitrogens with zero attached hydrogens (tertiary/aromatic N) is 1. The van der Waals surface area contributed by atoms with Crippen molar-refractivity contribution in [3.05, 3.63) is 23.8 Å². The van der Waals surface area contributed by atoms with E-state index in [1.54, 1.807) is 18.2 Å². The number of aliphatic hydroxyl groups excluding tert-OH is 2. The quantitative estimate of drug-likeness (QED) is 0.774. The van der Waals surface area contributed by atoms with Crippen LogP contribution < -0.4 is 9.47 Å². The van der Waals surface area contributed by atoms with Gasteiger partial charge in [-0.15, -0.1) is 0 Å². The lowest BCUT2D eigenvalue weighted by molar-refractivity contribution is 0.217. The molecule has 0 atom stereocenters. The minimum atomic E-state index is -0.914. The maximum Gasteiger partial charge on any atom is 0.161 e. The lowest BCUT2D eigenvalue weighted by atomic mass is 9.76. The maximum absolute atomic E-state index is 9.44. The molecular weight excluding hydrogens is 246 g/mol. The van der Waals surface area contributed by atoms with Crippen LogP contribution >= 0.6 is 0 Å². The Morgan fingerprint density at radius 3 is 2.11 bits per heavy atom. The molecule has 0 aliphatic rings. The molecule has 0 unspecified atom stereocenters. The third-order valence-corrected chi connectivity index (χ3v) is 3.23. The summed E-state index contributed by atoms with van der Waals surface area (Å²) in [5, 5.41) is 27.8. The Balaban J connectivity index is 3.26. The summed E-state index contributed by atoms with van der Waals surface area (Å²) in [7, 11) is 3.06. The number of hydrogen-bond donors (Lipinski definition) is 2. The molecule has 104 valence electrons. The smallest absolute Gasteiger partial charge is 0.161 e. The maximum atomic E-state index is 9.44. The predicted octanol–water partition coefficient (Wildman–Crippen LogP) is 1.23. The van der Waals surface area contributed by atoms with Crippen molar-refractivity contribution in [2.45, 2.75) is 18.3 Å². The van der Waals surface area contributed by atoms with Gasteiger partial charge in [0.15, 0.2) is 11.5 Å². The summed E-state index contributed by atoms with van der Waals surface area (Å²) in [6.45, 7) is -0.246. The Kier molecular flexibility index (Phi) is 5.61. The highest BCUT2D eigenvalue weighted by Crippen LogP contribution is 2.36. The monoisotopic (exact) mass is 265 g/mol. The van der Waals surface area contributed by atoms with Gasteiger partial charge in [0.05, 0.1) is 25.7 Å². The molecule has 0 heterocycles. The highest BCUT2D eigenvalue weighted by Gasteiger charge is 2.32. The third-order valence-electron chi connectivity index (χ3n) is 3.23. The fourth-order valence-electron chi connectivity index (χ4n) is 2.11. The summed E-state index contributed by atoms with van der Waals surface area (Å²) in [5.41, 5.74) is -0.209. The average molecular weight is 265 g/mol. The van der Waals surface area contributed by atoms with Crippen LogP contribution in [0.4, 0.5) is 0 Å². The molecule has 0 amide bonds. The van der Waals surface area contributed by atoms with E-state index in [0.717, 1.165) is 0 Å². The molecule has 0 spiro atoms. The van der Waals surface area contributed by atoms with Gasteiger partial charge in [0.1, 0.15) is 0 Å². The summed E-state index contributed by atoms with van der Waals surface area (Å²) in [6, 6.07) is 7.40. The standard InChI is InChI=1S/C14H19NO4/c1-18-12-4-3-11(9-13(12)19-2)14(10-15,5-7-16)6-8-17/h3-4,9,16-17H,5-8H2,1-2H3. The van der Waals surface area contributed by atoms with Gasteiger partial charge in [0.25, 0.3) is 0 Å². The Hall–Kier alpha value is -1.77. The molecule has 1 rings (SSSR count). The van der Waals surface area contributed by atoms with Crippen molar-refractivity contribution in [1.29, 1.82) is 5.26 Å². The van der Waals surface area contributed by atoms with E-state index in [-0.39, 0.29) is 26.1 Å². The molecule has 0 aliphatic heterocycles. The third kappa shape index (κ3) is 3.16. The Bertz CT molecular complexity index is 447. The predicted molar refractivity (Wildman–Crippen MR) is 70.2 cm³/mol. The zero-order valence-electron chi connectivity index (χ0n) is 11.2. The summed E-state index contributed by atoms with van der Waals surface area (Å²) in [4.78, 5) is 0. The normalized spacial score (nSPS) is 10.9. The number of hydrogen-bond acceptors (Lipinski definition) is 5. The Labute approximate surface area is 113 Å². The molecule has 1 aromatic rings. The molecule has 5 nitrogen and oxygen atoms in total. The molecule has 0 saturated carbocycles. The highest BCUT2D eigenvalue weighted by atomic mass is 16.5. The van der Waals surface area contributed by atoms with Gasteiger partial charge >= 0.3 is 0 Å². The molecule has 0 bridgehead atoms. The van der Waals surface area contributed by atoms with E-state index < -0.39 is 5.41 Å². The van der Waals surface area contributed by atoms with Crippen molar-refractivity contribution in [2.75, 3.05) is 27.4 Å². The van der Waals surface area contributed by atoms with Crippen molar-refractivity contribution >= 4 is 0 Å². The van der Waals surface area contributed by atoms with E-state index in [4.69, 9.17) is 19.7 Å². The zero-order valence-corrected chi connectivity index (χ0v) is 11.2. The van der Waals surface area contributed by atoms with Crippen molar-refractivity contribution < 1.29 is 19.7 Å². The molecular formula is C14H19NO4. The van der Waals surface area contributed by atoms with Gasteiger partial charge in [-0.05, 0) is 30.5 Å². The van der Waals surface area contributed by atoms with Crippen molar-refractivity contribution in [2.24, 2.45) is 0 Å². The van der Waals surface area contributed by atoms with Gasteiger partial charge in [-0.2, -0.15) is 5.26 Å². The van der Waals surface area contributed by atoms with Gasteiger partial charge in [-0.25, -0.2) is 0 Å². The fourth-order valence-corrected chi connectivity index (χ4v) is 2.11. The number of rotatable bonds is 7. The minimum absolute atomic E-state index is 0.123. The summed E-state index contributed by atoms with van der Waals surface area (Å²) in [6.07, 6.45) is 0.527. The molecule has 19 heavy (non-hydrogen) atoms. The molecule has 0 aliphatic carbocycles. The van der Waals surface area contributed by atoms with Gasteiger partial charge in [0.2, 0.25) is 0 Å². The second-order valence-electron chi connectivity index (χ2n) is 4.21. The van der Waals surface area contributed by atoms with Crippen LogP contribution in [0.5, 0.6) is 11.5 Å². The summed E-state index contributed by atoms with van der Waals surface area (Å²) >= 11 is 0. The zero-order chi connectivity index (χ0) is 14.3. The van der Waals surface area contributed by atoms with Crippen LogP contribution in [-0.2, 0) is 5.41 Å². The van der Waals surface area contributed by atoms with E-state index in [9.17, 15) is 5.26 Å². The number of methoxy groups -OCH3 is 2. The average Bonchev–Trinajstić information content (AvgIpc) is 2.46. The Morgan fingerprint density at radius 1 is 1.11 bits per heavy atom. The number of aliphatic hydroxyl groups is 2. The number of nitriles is 1. The van der Waals surface area contributed by atoms with Gasteiger partial charge < -0.3 is 19.7 Å². The van der Waals surface area contributed by atoms with Gasteiger partial charge in [-0.3, -0.25) is 0 Å². The van der Waals surface area contributed by atoms with E-state index in [0.29, 0.717) is 17.1 Å². The van der Waals surface area contributed by atoms with Crippen LogP contribution in [0.3, 0.4) is 0 Å². The summed E-state index contributed by atoms with van der Waals surface area (Å²) < 4.78 is 10.4. The molecule has 5 heteroatoms. The van der Waals surface area contributed by atoms with Crippen LogP contribution in [0.1, 0.15) is 18.4 Å². The molecule has 0 radical (unpaired) electrons.